The van der Waals surface area contributed by atoms with Gasteiger partial charge in [-0.15, -0.1) is 0 Å². The Balaban J connectivity index is 1.83. The van der Waals surface area contributed by atoms with Crippen LogP contribution < -0.4 is 14.2 Å². The smallest absolute Gasteiger partial charge is 0.307 e. The third-order valence-corrected chi connectivity index (χ3v) is 4.34. The summed E-state index contributed by atoms with van der Waals surface area (Å²) in [5, 5.41) is 9.14. The third kappa shape index (κ3) is 6.01. The number of ether oxygens (including phenoxy) is 3. The molecule has 1 N–H and O–H groups in total. The van der Waals surface area contributed by atoms with E-state index in [-0.39, 0.29) is 6.42 Å². The topological polar surface area (TPSA) is 65.0 Å². The van der Waals surface area contributed by atoms with Crippen LogP contribution in [0.2, 0.25) is 0 Å². The quantitative estimate of drug-likeness (QED) is 0.450. The number of aliphatic carboxylic acids is 1. The Morgan fingerprint density at radius 2 is 1.57 bits per heavy atom. The second-order valence-corrected chi connectivity index (χ2v) is 6.82. The van der Waals surface area contributed by atoms with Crippen LogP contribution in [0.25, 0.3) is 11.1 Å². The van der Waals surface area contributed by atoms with E-state index in [1.807, 2.05) is 62.4 Å². The molecule has 0 spiro atoms. The Morgan fingerprint density at radius 3 is 2.27 bits per heavy atom. The molecule has 5 heteroatoms. The van der Waals surface area contributed by atoms with E-state index >= 15 is 0 Å². The van der Waals surface area contributed by atoms with Crippen molar-refractivity contribution in [3.05, 3.63) is 72.3 Å². The maximum Gasteiger partial charge on any atom is 0.307 e. The van der Waals surface area contributed by atoms with E-state index in [2.05, 4.69) is 0 Å². The first kappa shape index (κ1) is 21.2. The van der Waals surface area contributed by atoms with E-state index in [9.17, 15) is 4.79 Å². The number of rotatable bonds is 10. The molecule has 0 unspecified atom stereocenters. The molecule has 0 aliphatic rings. The first-order valence-electron chi connectivity index (χ1n) is 10.1. The molecular weight excluding hydrogens is 380 g/mol. The van der Waals surface area contributed by atoms with Crippen molar-refractivity contribution in [2.45, 2.75) is 26.7 Å². The summed E-state index contributed by atoms with van der Waals surface area (Å²) in [7, 11) is 0. The van der Waals surface area contributed by atoms with Crippen molar-refractivity contribution < 1.29 is 24.1 Å². The largest absolute Gasteiger partial charge is 0.494 e. The first-order valence-corrected chi connectivity index (χ1v) is 10.1. The van der Waals surface area contributed by atoms with Crippen molar-refractivity contribution in [2.24, 2.45) is 0 Å². The molecule has 0 saturated carbocycles. The predicted octanol–water partition coefficient (Wildman–Crippen LogP) is 5.96. The van der Waals surface area contributed by atoms with Gasteiger partial charge in [0, 0.05) is 6.07 Å². The van der Waals surface area contributed by atoms with Crippen LogP contribution in [0.4, 0.5) is 0 Å². The Hall–Kier alpha value is -3.47. The molecule has 5 nitrogen and oxygen atoms in total. The number of hydrogen-bond donors (Lipinski definition) is 1. The van der Waals surface area contributed by atoms with E-state index < -0.39 is 5.97 Å². The maximum atomic E-state index is 11.1. The molecule has 0 aliphatic carbocycles. The average Bonchev–Trinajstić information content (AvgIpc) is 2.72. The molecule has 3 aromatic carbocycles. The van der Waals surface area contributed by atoms with Gasteiger partial charge in [-0.1, -0.05) is 31.2 Å². The van der Waals surface area contributed by atoms with Gasteiger partial charge in [-0.25, -0.2) is 0 Å². The second kappa shape index (κ2) is 10.3. The lowest BCUT2D eigenvalue weighted by atomic mass is 10.1. The monoisotopic (exact) mass is 406 g/mol. The lowest BCUT2D eigenvalue weighted by Crippen LogP contribution is -2.02. The lowest BCUT2D eigenvalue weighted by molar-refractivity contribution is -0.136. The molecule has 3 aromatic rings. The van der Waals surface area contributed by atoms with Crippen LogP contribution in [0.15, 0.2) is 66.7 Å². The van der Waals surface area contributed by atoms with Crippen LogP contribution in [0.5, 0.6) is 23.0 Å². The summed E-state index contributed by atoms with van der Waals surface area (Å²) in [5.41, 5.74) is 2.70. The van der Waals surface area contributed by atoms with Crippen LogP contribution in [-0.4, -0.2) is 24.3 Å². The van der Waals surface area contributed by atoms with Gasteiger partial charge in [0.15, 0.2) is 0 Å². The van der Waals surface area contributed by atoms with Crippen LogP contribution in [-0.2, 0) is 11.2 Å². The van der Waals surface area contributed by atoms with Gasteiger partial charge in [-0.3, -0.25) is 4.79 Å². The van der Waals surface area contributed by atoms with Crippen molar-refractivity contribution >= 4 is 5.97 Å². The average molecular weight is 406 g/mol. The van der Waals surface area contributed by atoms with Crippen LogP contribution in [0.1, 0.15) is 25.8 Å². The number of benzene rings is 3. The first-order chi connectivity index (χ1) is 14.6. The summed E-state index contributed by atoms with van der Waals surface area (Å²) in [6.07, 6.45) is 0.773. The normalized spacial score (nSPS) is 10.5. The second-order valence-electron chi connectivity index (χ2n) is 6.82. The fourth-order valence-electron chi connectivity index (χ4n) is 3.06. The standard InChI is InChI=1S/C25H26O5/c1-3-12-29-23-13-18(15-25(26)27)14-24(17-23)30-22-7-5-6-20(16-22)19-8-10-21(11-9-19)28-4-2/h5-11,13-14,16-17H,3-4,12,15H2,1-2H3,(H,26,27). The van der Waals surface area contributed by atoms with Crippen LogP contribution in [0.3, 0.4) is 0 Å². The molecule has 156 valence electrons. The Kier molecular flexibility index (Phi) is 7.33. The Labute approximate surface area is 176 Å². The van der Waals surface area contributed by atoms with E-state index in [1.165, 1.54) is 0 Å². The number of carboxylic acid groups (broad SMARTS) is 1. The molecule has 0 atom stereocenters. The zero-order valence-electron chi connectivity index (χ0n) is 17.3. The van der Waals surface area contributed by atoms with Crippen LogP contribution in [0, 0.1) is 0 Å². The molecule has 3 rings (SSSR count). The van der Waals surface area contributed by atoms with Crippen molar-refractivity contribution in [2.75, 3.05) is 13.2 Å². The predicted molar refractivity (Wildman–Crippen MR) is 117 cm³/mol. The molecule has 0 saturated heterocycles. The lowest BCUT2D eigenvalue weighted by Gasteiger charge is -2.12. The third-order valence-electron chi connectivity index (χ3n) is 4.34. The minimum absolute atomic E-state index is 0.0914. The summed E-state index contributed by atoms with van der Waals surface area (Å²) in [4.78, 5) is 11.1. The minimum Gasteiger partial charge on any atom is -0.494 e. The van der Waals surface area contributed by atoms with E-state index in [4.69, 9.17) is 19.3 Å². The number of carbonyl (C=O) groups is 1. The van der Waals surface area contributed by atoms with Crippen molar-refractivity contribution in [1.82, 2.24) is 0 Å². The summed E-state index contributed by atoms with van der Waals surface area (Å²) in [6, 6.07) is 20.9. The van der Waals surface area contributed by atoms with Gasteiger partial charge >= 0.3 is 5.97 Å². The molecule has 0 aromatic heterocycles. The maximum absolute atomic E-state index is 11.1. The van der Waals surface area contributed by atoms with Crippen molar-refractivity contribution in [3.8, 4) is 34.1 Å². The van der Waals surface area contributed by atoms with Gasteiger partial charge in [-0.05, 0) is 66.4 Å². The molecule has 0 bridgehead atoms. The summed E-state index contributed by atoms with van der Waals surface area (Å²) >= 11 is 0. The number of hydrogen-bond acceptors (Lipinski definition) is 4. The van der Waals surface area contributed by atoms with Gasteiger partial charge in [0.05, 0.1) is 19.6 Å². The van der Waals surface area contributed by atoms with Gasteiger partial charge in [-0.2, -0.15) is 0 Å². The molecule has 0 radical (unpaired) electrons. The molecule has 30 heavy (non-hydrogen) atoms. The minimum atomic E-state index is -0.897. The van der Waals surface area contributed by atoms with E-state index in [1.54, 1.807) is 18.2 Å². The summed E-state index contributed by atoms with van der Waals surface area (Å²) in [6.45, 7) is 5.17. The van der Waals surface area contributed by atoms with Gasteiger partial charge in [0.25, 0.3) is 0 Å². The Morgan fingerprint density at radius 1 is 0.800 bits per heavy atom. The fourth-order valence-corrected chi connectivity index (χ4v) is 3.06. The zero-order valence-corrected chi connectivity index (χ0v) is 17.3. The molecule has 0 fully saturated rings. The van der Waals surface area contributed by atoms with Crippen molar-refractivity contribution in [3.63, 3.8) is 0 Å². The zero-order chi connectivity index (χ0) is 21.3. The molecular formula is C25H26O5. The van der Waals surface area contributed by atoms with Gasteiger partial charge < -0.3 is 19.3 Å². The van der Waals surface area contributed by atoms with Gasteiger partial charge in [0.1, 0.15) is 23.0 Å². The highest BCUT2D eigenvalue weighted by Gasteiger charge is 2.09. The van der Waals surface area contributed by atoms with Crippen molar-refractivity contribution in [1.29, 1.82) is 0 Å². The summed E-state index contributed by atoms with van der Waals surface area (Å²) < 4.78 is 17.2. The highest BCUT2D eigenvalue weighted by atomic mass is 16.5. The number of carboxylic acids is 1. The highest BCUT2D eigenvalue weighted by molar-refractivity contribution is 5.71. The van der Waals surface area contributed by atoms with Gasteiger partial charge in [0.2, 0.25) is 0 Å². The van der Waals surface area contributed by atoms with E-state index in [0.29, 0.717) is 36.0 Å². The summed E-state index contributed by atoms with van der Waals surface area (Å²) in [5.74, 6) is 1.75. The molecule has 0 aliphatic heterocycles. The Bertz CT molecular complexity index is 979. The molecule has 0 amide bonds. The van der Waals surface area contributed by atoms with Crippen LogP contribution >= 0.6 is 0 Å². The molecule has 0 heterocycles. The SMILES string of the molecule is CCCOc1cc(CC(=O)O)cc(Oc2cccc(-c3ccc(OCC)cc3)c2)c1. The fraction of sp³-hybridized carbons (Fsp3) is 0.240. The van der Waals surface area contributed by atoms with E-state index in [0.717, 1.165) is 23.3 Å². The highest BCUT2D eigenvalue weighted by Crippen LogP contribution is 2.31.